The summed E-state index contributed by atoms with van der Waals surface area (Å²) in [5.74, 6) is -1.06. The minimum atomic E-state index is -0.505. The van der Waals surface area contributed by atoms with Crippen LogP contribution in [-0.2, 0) is 9.59 Å². The molecule has 1 heterocycles. The molecule has 2 aromatic rings. The lowest BCUT2D eigenvalue weighted by atomic mass is 9.99. The highest BCUT2D eigenvalue weighted by molar-refractivity contribution is 5.95. The van der Waals surface area contributed by atoms with Crippen LogP contribution in [0.1, 0.15) is 11.1 Å². The second-order valence-corrected chi connectivity index (χ2v) is 6.58. The van der Waals surface area contributed by atoms with Crippen LogP contribution >= 0.6 is 0 Å². The average molecular weight is 356 g/mol. The Morgan fingerprint density at radius 3 is 2.46 bits per heavy atom. The molecule has 1 aliphatic rings. The zero-order valence-electron chi connectivity index (χ0n) is 14.8. The summed E-state index contributed by atoms with van der Waals surface area (Å²) in [7, 11) is 0. The van der Waals surface area contributed by atoms with E-state index >= 15 is 0 Å². The topological polar surface area (TPSA) is 58.6 Å². The van der Waals surface area contributed by atoms with Gasteiger partial charge in [0.2, 0.25) is 5.91 Å². The number of amides is 2. The van der Waals surface area contributed by atoms with Gasteiger partial charge in [0, 0.05) is 18.8 Å². The molecule has 1 aliphatic heterocycles. The number of halogens is 1. The normalized spacial score (nSPS) is 13.9. The fraction of sp³-hybridized carbons (Fsp3) is 0.300. The van der Waals surface area contributed by atoms with E-state index in [0.717, 1.165) is 16.8 Å². The molecular formula is C20H21FN2O3. The number of hydrogen-bond acceptors (Lipinski definition) is 3. The van der Waals surface area contributed by atoms with Gasteiger partial charge in [0.25, 0.3) is 5.91 Å². The number of carbonyl (C=O) groups excluding carboxylic acids is 2. The van der Waals surface area contributed by atoms with E-state index in [1.165, 1.54) is 17.0 Å². The summed E-state index contributed by atoms with van der Waals surface area (Å²) in [6.07, 6.45) is 0. The summed E-state index contributed by atoms with van der Waals surface area (Å²) in [6.45, 7) is 4.39. The van der Waals surface area contributed by atoms with Crippen molar-refractivity contribution in [1.82, 2.24) is 4.90 Å². The van der Waals surface area contributed by atoms with Crippen LogP contribution in [0.15, 0.2) is 42.5 Å². The third kappa shape index (κ3) is 4.20. The first-order valence-corrected chi connectivity index (χ1v) is 8.46. The highest BCUT2D eigenvalue weighted by Gasteiger charge is 2.35. The molecular weight excluding hydrogens is 335 g/mol. The van der Waals surface area contributed by atoms with Gasteiger partial charge in [-0.1, -0.05) is 18.2 Å². The maximum atomic E-state index is 13.5. The Bertz CT molecular complexity index is 811. The van der Waals surface area contributed by atoms with Gasteiger partial charge in [-0.2, -0.15) is 0 Å². The van der Waals surface area contributed by atoms with Gasteiger partial charge in [0.15, 0.2) is 18.2 Å². The highest BCUT2D eigenvalue weighted by atomic mass is 19.1. The Kier molecular flexibility index (Phi) is 5.21. The number of aryl methyl sites for hydroxylation is 2. The SMILES string of the molecule is Cc1cc(C)cc(NC(=O)C2CN(C(=O)COc3ccccc3F)C2)c1. The molecule has 1 N–H and O–H groups in total. The zero-order valence-corrected chi connectivity index (χ0v) is 14.8. The number of hydrogen-bond donors (Lipinski definition) is 1. The Hall–Kier alpha value is -2.89. The Labute approximate surface area is 151 Å². The standard InChI is InChI=1S/C20H21FN2O3/c1-13-7-14(2)9-16(8-13)22-20(25)15-10-23(11-15)19(24)12-26-18-6-4-3-5-17(18)21/h3-9,15H,10-12H2,1-2H3,(H,22,25). The molecule has 0 aliphatic carbocycles. The molecule has 5 nitrogen and oxygen atoms in total. The van der Waals surface area contributed by atoms with Crippen LogP contribution in [0.25, 0.3) is 0 Å². The van der Waals surface area contributed by atoms with Crippen LogP contribution in [0.3, 0.4) is 0 Å². The molecule has 1 fully saturated rings. The number of rotatable bonds is 5. The van der Waals surface area contributed by atoms with Gasteiger partial charge < -0.3 is 15.0 Å². The lowest BCUT2D eigenvalue weighted by molar-refractivity contribution is -0.143. The number of anilines is 1. The summed E-state index contributed by atoms with van der Waals surface area (Å²) < 4.78 is 18.7. The van der Waals surface area contributed by atoms with E-state index in [1.807, 2.05) is 32.0 Å². The van der Waals surface area contributed by atoms with E-state index in [9.17, 15) is 14.0 Å². The van der Waals surface area contributed by atoms with Crippen molar-refractivity contribution in [3.63, 3.8) is 0 Å². The molecule has 2 amide bonds. The number of carbonyl (C=O) groups is 2. The maximum absolute atomic E-state index is 13.5. The summed E-state index contributed by atoms with van der Waals surface area (Å²) in [4.78, 5) is 25.9. The number of para-hydroxylation sites is 1. The Morgan fingerprint density at radius 2 is 1.81 bits per heavy atom. The predicted octanol–water partition coefficient (Wildman–Crippen LogP) is 2.92. The molecule has 2 aromatic carbocycles. The van der Waals surface area contributed by atoms with Crippen LogP contribution in [0.4, 0.5) is 10.1 Å². The van der Waals surface area contributed by atoms with Crippen LogP contribution in [0.2, 0.25) is 0 Å². The number of nitrogens with zero attached hydrogens (tertiary/aromatic N) is 1. The van der Waals surface area contributed by atoms with Crippen molar-refractivity contribution in [3.8, 4) is 5.75 Å². The van der Waals surface area contributed by atoms with Crippen molar-refractivity contribution < 1.29 is 18.7 Å². The molecule has 6 heteroatoms. The number of benzene rings is 2. The summed E-state index contributed by atoms with van der Waals surface area (Å²) in [6, 6.07) is 11.8. The zero-order chi connectivity index (χ0) is 18.7. The number of likely N-dealkylation sites (tertiary alicyclic amines) is 1. The largest absolute Gasteiger partial charge is 0.481 e. The van der Waals surface area contributed by atoms with Crippen molar-refractivity contribution in [3.05, 3.63) is 59.4 Å². The Morgan fingerprint density at radius 1 is 1.15 bits per heavy atom. The summed E-state index contributed by atoms with van der Waals surface area (Å²) in [5.41, 5.74) is 2.92. The number of nitrogens with one attached hydrogen (secondary N) is 1. The third-order valence-corrected chi connectivity index (χ3v) is 4.28. The first kappa shape index (κ1) is 17.9. The first-order chi connectivity index (χ1) is 12.4. The second kappa shape index (κ2) is 7.56. The van der Waals surface area contributed by atoms with Crippen LogP contribution < -0.4 is 10.1 Å². The highest BCUT2D eigenvalue weighted by Crippen LogP contribution is 2.21. The van der Waals surface area contributed by atoms with E-state index in [4.69, 9.17) is 4.74 Å². The Balaban J connectivity index is 1.46. The molecule has 0 unspecified atom stereocenters. The van der Waals surface area contributed by atoms with Crippen molar-refractivity contribution in [2.45, 2.75) is 13.8 Å². The van der Waals surface area contributed by atoms with Gasteiger partial charge >= 0.3 is 0 Å². The van der Waals surface area contributed by atoms with Crippen LogP contribution in [0.5, 0.6) is 5.75 Å². The summed E-state index contributed by atoms with van der Waals surface area (Å²) in [5, 5.41) is 2.89. The average Bonchev–Trinajstić information content (AvgIpc) is 2.51. The summed E-state index contributed by atoms with van der Waals surface area (Å²) >= 11 is 0. The number of ether oxygens (including phenoxy) is 1. The maximum Gasteiger partial charge on any atom is 0.260 e. The van der Waals surface area contributed by atoms with Crippen molar-refractivity contribution in [2.75, 3.05) is 25.0 Å². The lowest BCUT2D eigenvalue weighted by Crippen LogP contribution is -2.55. The van der Waals surface area contributed by atoms with Gasteiger partial charge in [-0.3, -0.25) is 9.59 Å². The molecule has 0 aromatic heterocycles. The fourth-order valence-electron chi connectivity index (χ4n) is 2.93. The molecule has 0 spiro atoms. The van der Waals surface area contributed by atoms with Crippen molar-refractivity contribution in [1.29, 1.82) is 0 Å². The molecule has 3 rings (SSSR count). The van der Waals surface area contributed by atoms with E-state index in [2.05, 4.69) is 5.32 Å². The molecule has 0 bridgehead atoms. The fourth-order valence-corrected chi connectivity index (χ4v) is 2.93. The van der Waals surface area contributed by atoms with Crippen LogP contribution in [-0.4, -0.2) is 36.4 Å². The van der Waals surface area contributed by atoms with Crippen molar-refractivity contribution >= 4 is 17.5 Å². The van der Waals surface area contributed by atoms with Gasteiger partial charge in [0.1, 0.15) is 0 Å². The minimum Gasteiger partial charge on any atom is -0.481 e. The van der Waals surface area contributed by atoms with Gasteiger partial charge in [-0.25, -0.2) is 4.39 Å². The van der Waals surface area contributed by atoms with Crippen LogP contribution in [0, 0.1) is 25.6 Å². The lowest BCUT2D eigenvalue weighted by Gasteiger charge is -2.38. The third-order valence-electron chi connectivity index (χ3n) is 4.28. The molecule has 0 atom stereocenters. The van der Waals surface area contributed by atoms with E-state index in [-0.39, 0.29) is 30.1 Å². The monoisotopic (exact) mass is 356 g/mol. The van der Waals surface area contributed by atoms with Gasteiger partial charge in [0.05, 0.1) is 5.92 Å². The molecule has 136 valence electrons. The first-order valence-electron chi connectivity index (χ1n) is 8.46. The van der Waals surface area contributed by atoms with E-state index < -0.39 is 5.82 Å². The van der Waals surface area contributed by atoms with Gasteiger partial charge in [-0.15, -0.1) is 0 Å². The molecule has 0 saturated carbocycles. The predicted molar refractivity (Wildman–Crippen MR) is 96.5 cm³/mol. The van der Waals surface area contributed by atoms with Gasteiger partial charge in [-0.05, 0) is 49.2 Å². The molecule has 0 radical (unpaired) electrons. The van der Waals surface area contributed by atoms with E-state index in [0.29, 0.717) is 13.1 Å². The van der Waals surface area contributed by atoms with Crippen molar-refractivity contribution in [2.24, 2.45) is 5.92 Å². The quantitative estimate of drug-likeness (QED) is 0.896. The molecule has 1 saturated heterocycles. The minimum absolute atomic E-state index is 0.0467. The second-order valence-electron chi connectivity index (χ2n) is 6.58. The van der Waals surface area contributed by atoms with E-state index in [1.54, 1.807) is 12.1 Å². The molecule has 26 heavy (non-hydrogen) atoms. The smallest absolute Gasteiger partial charge is 0.260 e.